The highest BCUT2D eigenvalue weighted by Gasteiger charge is 1.96. The Bertz CT molecular complexity index is 336. The molecule has 0 fully saturated rings. The molecular formula is C13H22N2O4. The molecular weight excluding hydrogens is 248 g/mol. The van der Waals surface area contributed by atoms with Gasteiger partial charge in [0.15, 0.2) is 0 Å². The summed E-state index contributed by atoms with van der Waals surface area (Å²) in [5.41, 5.74) is 7.15. The zero-order valence-electron chi connectivity index (χ0n) is 11.3. The van der Waals surface area contributed by atoms with Crippen molar-refractivity contribution in [1.29, 1.82) is 0 Å². The maximum atomic E-state index is 5.64. The number of ether oxygens (including phenoxy) is 4. The molecule has 0 bridgehead atoms. The van der Waals surface area contributed by atoms with Gasteiger partial charge in [0, 0.05) is 19.0 Å². The second-order valence-corrected chi connectivity index (χ2v) is 3.85. The molecule has 0 unspecified atom stereocenters. The first-order chi connectivity index (χ1) is 9.33. The fourth-order valence-corrected chi connectivity index (χ4v) is 1.33. The van der Waals surface area contributed by atoms with Crippen LogP contribution in [0.1, 0.15) is 5.69 Å². The highest BCUT2D eigenvalue weighted by Crippen LogP contribution is 2.03. The Kier molecular flexibility index (Phi) is 8.91. The number of nitrogens with zero attached hydrogens (tertiary/aromatic N) is 1. The first kappa shape index (κ1) is 15.8. The Morgan fingerprint density at radius 1 is 1.00 bits per heavy atom. The van der Waals surface area contributed by atoms with E-state index in [2.05, 4.69) is 4.98 Å². The lowest BCUT2D eigenvalue weighted by molar-refractivity contribution is 0.000475. The third kappa shape index (κ3) is 8.50. The van der Waals surface area contributed by atoms with Crippen molar-refractivity contribution >= 4 is 5.69 Å². The third-order valence-electron chi connectivity index (χ3n) is 2.27. The van der Waals surface area contributed by atoms with Gasteiger partial charge in [-0.25, -0.2) is 0 Å². The van der Waals surface area contributed by atoms with Crippen LogP contribution in [0.4, 0.5) is 5.69 Å². The Morgan fingerprint density at radius 2 is 1.63 bits per heavy atom. The van der Waals surface area contributed by atoms with Crippen LogP contribution in [0.3, 0.4) is 0 Å². The lowest BCUT2D eigenvalue weighted by Gasteiger charge is -2.06. The smallest absolute Gasteiger partial charge is 0.0889 e. The number of nitrogen functional groups attached to an aromatic ring is 1. The molecule has 0 amide bonds. The van der Waals surface area contributed by atoms with Crippen molar-refractivity contribution in [3.8, 4) is 0 Å². The lowest BCUT2D eigenvalue weighted by Crippen LogP contribution is -2.11. The number of pyridine rings is 1. The van der Waals surface area contributed by atoms with Crippen LogP contribution in [-0.2, 0) is 25.6 Å². The number of hydrogen-bond donors (Lipinski definition) is 1. The molecule has 19 heavy (non-hydrogen) atoms. The first-order valence-electron chi connectivity index (χ1n) is 6.25. The van der Waals surface area contributed by atoms with Crippen LogP contribution in [-0.4, -0.2) is 51.7 Å². The quantitative estimate of drug-likeness (QED) is 0.601. The van der Waals surface area contributed by atoms with E-state index in [-0.39, 0.29) is 0 Å². The van der Waals surface area contributed by atoms with Gasteiger partial charge in [-0.3, -0.25) is 4.98 Å². The monoisotopic (exact) mass is 270 g/mol. The zero-order valence-corrected chi connectivity index (χ0v) is 11.3. The van der Waals surface area contributed by atoms with E-state index >= 15 is 0 Å². The van der Waals surface area contributed by atoms with Gasteiger partial charge >= 0.3 is 0 Å². The summed E-state index contributed by atoms with van der Waals surface area (Å²) >= 11 is 0. The second-order valence-electron chi connectivity index (χ2n) is 3.85. The standard InChI is InChI=1S/C13H22N2O4/c1-16-4-5-17-6-7-18-8-9-19-11-13-10-12(14)2-3-15-13/h2-3,10H,4-9,11H2,1H3,(H2,14,15). The first-order valence-corrected chi connectivity index (χ1v) is 6.25. The molecule has 0 radical (unpaired) electrons. The number of nitrogens with two attached hydrogens (primary N) is 1. The van der Waals surface area contributed by atoms with Crippen LogP contribution in [0.5, 0.6) is 0 Å². The van der Waals surface area contributed by atoms with Crippen molar-refractivity contribution in [1.82, 2.24) is 4.98 Å². The molecule has 0 spiro atoms. The van der Waals surface area contributed by atoms with Gasteiger partial charge in [-0.2, -0.15) is 0 Å². The van der Waals surface area contributed by atoms with Gasteiger partial charge in [0.05, 0.1) is 51.9 Å². The SMILES string of the molecule is COCCOCCOCCOCc1cc(N)ccn1. The van der Waals surface area contributed by atoms with Crippen LogP contribution in [0, 0.1) is 0 Å². The van der Waals surface area contributed by atoms with Crippen molar-refractivity contribution in [2.24, 2.45) is 0 Å². The van der Waals surface area contributed by atoms with Gasteiger partial charge in [0.25, 0.3) is 0 Å². The molecule has 0 saturated carbocycles. The number of anilines is 1. The predicted molar refractivity (Wildman–Crippen MR) is 71.8 cm³/mol. The van der Waals surface area contributed by atoms with E-state index in [1.165, 1.54) is 0 Å². The molecule has 1 rings (SSSR count). The van der Waals surface area contributed by atoms with Crippen LogP contribution in [0.15, 0.2) is 18.3 Å². The molecule has 6 heteroatoms. The third-order valence-corrected chi connectivity index (χ3v) is 2.27. The Balaban J connectivity index is 1.89. The largest absolute Gasteiger partial charge is 0.399 e. The summed E-state index contributed by atoms with van der Waals surface area (Å²) in [5, 5.41) is 0. The van der Waals surface area contributed by atoms with Crippen LogP contribution in [0.2, 0.25) is 0 Å². The average molecular weight is 270 g/mol. The molecule has 108 valence electrons. The minimum atomic E-state index is 0.443. The Morgan fingerprint density at radius 3 is 2.26 bits per heavy atom. The van der Waals surface area contributed by atoms with Gasteiger partial charge < -0.3 is 24.7 Å². The topological polar surface area (TPSA) is 75.8 Å². The Labute approximate surface area is 113 Å². The van der Waals surface area contributed by atoms with Gasteiger partial charge in [0.2, 0.25) is 0 Å². The van der Waals surface area contributed by atoms with E-state index < -0.39 is 0 Å². The number of hydrogen-bond acceptors (Lipinski definition) is 6. The molecule has 1 aromatic heterocycles. The van der Waals surface area contributed by atoms with E-state index in [1.54, 1.807) is 25.4 Å². The molecule has 0 saturated heterocycles. The highest BCUT2D eigenvalue weighted by molar-refractivity contribution is 5.36. The van der Waals surface area contributed by atoms with Crippen molar-refractivity contribution < 1.29 is 18.9 Å². The molecule has 6 nitrogen and oxygen atoms in total. The Hall–Kier alpha value is -1.21. The van der Waals surface area contributed by atoms with Crippen LogP contribution >= 0.6 is 0 Å². The maximum Gasteiger partial charge on any atom is 0.0889 e. The molecule has 0 atom stereocenters. The van der Waals surface area contributed by atoms with Gasteiger partial charge in [-0.05, 0) is 12.1 Å². The zero-order chi connectivity index (χ0) is 13.8. The molecule has 0 aliphatic heterocycles. The van der Waals surface area contributed by atoms with Crippen molar-refractivity contribution in [2.45, 2.75) is 6.61 Å². The molecule has 0 aliphatic rings. The summed E-state index contributed by atoms with van der Waals surface area (Å²) in [6.45, 7) is 3.83. The fraction of sp³-hybridized carbons (Fsp3) is 0.615. The number of aromatic nitrogens is 1. The van der Waals surface area contributed by atoms with E-state index in [0.29, 0.717) is 51.9 Å². The molecule has 1 heterocycles. The minimum Gasteiger partial charge on any atom is -0.399 e. The van der Waals surface area contributed by atoms with Crippen LogP contribution in [0.25, 0.3) is 0 Å². The summed E-state index contributed by atoms with van der Waals surface area (Å²) in [4.78, 5) is 4.14. The molecule has 1 aromatic rings. The van der Waals surface area contributed by atoms with Crippen molar-refractivity contribution in [3.63, 3.8) is 0 Å². The van der Waals surface area contributed by atoms with Gasteiger partial charge in [0.1, 0.15) is 0 Å². The summed E-state index contributed by atoms with van der Waals surface area (Å²) < 4.78 is 20.9. The highest BCUT2D eigenvalue weighted by atomic mass is 16.6. The number of methoxy groups -OCH3 is 1. The fourth-order valence-electron chi connectivity index (χ4n) is 1.33. The van der Waals surface area contributed by atoms with E-state index in [1.807, 2.05) is 0 Å². The summed E-state index contributed by atoms with van der Waals surface area (Å²) in [6.07, 6.45) is 1.67. The van der Waals surface area contributed by atoms with Crippen LogP contribution < -0.4 is 5.73 Å². The van der Waals surface area contributed by atoms with E-state index in [0.717, 1.165) is 5.69 Å². The summed E-state index contributed by atoms with van der Waals surface area (Å²) in [7, 11) is 1.65. The van der Waals surface area contributed by atoms with Gasteiger partial charge in [-0.15, -0.1) is 0 Å². The van der Waals surface area contributed by atoms with E-state index in [4.69, 9.17) is 24.7 Å². The molecule has 0 aliphatic carbocycles. The predicted octanol–water partition coefficient (Wildman–Crippen LogP) is 0.860. The second kappa shape index (κ2) is 10.7. The minimum absolute atomic E-state index is 0.443. The van der Waals surface area contributed by atoms with Crippen molar-refractivity contribution in [2.75, 3.05) is 52.5 Å². The normalized spacial score (nSPS) is 10.8. The number of rotatable bonds is 11. The van der Waals surface area contributed by atoms with Gasteiger partial charge in [-0.1, -0.05) is 0 Å². The molecule has 0 aromatic carbocycles. The average Bonchev–Trinajstić information content (AvgIpc) is 2.41. The van der Waals surface area contributed by atoms with Crippen molar-refractivity contribution in [3.05, 3.63) is 24.0 Å². The lowest BCUT2D eigenvalue weighted by atomic mass is 10.3. The maximum absolute atomic E-state index is 5.64. The van der Waals surface area contributed by atoms with E-state index in [9.17, 15) is 0 Å². The summed E-state index contributed by atoms with van der Waals surface area (Å²) in [5.74, 6) is 0. The summed E-state index contributed by atoms with van der Waals surface area (Å²) in [6, 6.07) is 3.54. The molecule has 2 N–H and O–H groups in total.